The maximum absolute atomic E-state index is 12.6. The maximum atomic E-state index is 12.6. The fourth-order valence-electron chi connectivity index (χ4n) is 3.42. The molecule has 5 nitrogen and oxygen atoms in total. The minimum atomic E-state index is -0.0281. The van der Waals surface area contributed by atoms with Crippen molar-refractivity contribution in [3.05, 3.63) is 69.6 Å². The van der Waals surface area contributed by atoms with E-state index < -0.39 is 0 Å². The number of hydrogen-bond acceptors (Lipinski definition) is 3. The molecule has 0 bridgehead atoms. The lowest BCUT2D eigenvalue weighted by Crippen LogP contribution is -2.28. The van der Waals surface area contributed by atoms with Crippen LogP contribution in [0.1, 0.15) is 40.4 Å². The lowest BCUT2D eigenvalue weighted by Gasteiger charge is -2.15. The highest BCUT2D eigenvalue weighted by molar-refractivity contribution is 5.95. The molecule has 3 rings (SSSR count). The number of nitrogens with one attached hydrogen (secondary N) is 2. The maximum Gasteiger partial charge on any atom is 0.251 e. The Morgan fingerprint density at radius 1 is 1.24 bits per heavy atom. The van der Waals surface area contributed by atoms with Gasteiger partial charge < -0.3 is 15.2 Å². The molecular formula is C20H25N3O2. The second kappa shape index (κ2) is 8.12. The normalized spacial score (nSPS) is 16.8. The van der Waals surface area contributed by atoms with Crippen molar-refractivity contribution < 1.29 is 4.79 Å². The minimum absolute atomic E-state index is 0.00501. The van der Waals surface area contributed by atoms with E-state index in [0.29, 0.717) is 19.0 Å². The van der Waals surface area contributed by atoms with Gasteiger partial charge in [-0.3, -0.25) is 9.59 Å². The molecule has 25 heavy (non-hydrogen) atoms. The number of carbonyl (C=O) groups is 1. The van der Waals surface area contributed by atoms with E-state index in [2.05, 4.69) is 16.7 Å². The number of rotatable bonds is 6. The molecule has 0 radical (unpaired) electrons. The molecule has 5 heteroatoms. The Kier molecular flexibility index (Phi) is 5.66. The van der Waals surface area contributed by atoms with Crippen LogP contribution in [0.2, 0.25) is 0 Å². The van der Waals surface area contributed by atoms with Crippen LogP contribution in [0, 0.1) is 6.92 Å². The minimum Gasteiger partial charge on any atom is -0.352 e. The molecule has 1 aliphatic rings. The molecule has 1 amide bonds. The molecule has 2 heterocycles. The van der Waals surface area contributed by atoms with E-state index in [1.54, 1.807) is 16.7 Å². The summed E-state index contributed by atoms with van der Waals surface area (Å²) in [6.45, 7) is 5.02. The van der Waals surface area contributed by atoms with E-state index in [0.717, 1.165) is 42.8 Å². The van der Waals surface area contributed by atoms with Gasteiger partial charge in [-0.1, -0.05) is 24.3 Å². The second-order valence-corrected chi connectivity index (χ2v) is 6.54. The number of pyridine rings is 1. The van der Waals surface area contributed by atoms with Crippen LogP contribution in [0.5, 0.6) is 0 Å². The van der Waals surface area contributed by atoms with Crippen LogP contribution in [-0.2, 0) is 6.54 Å². The van der Waals surface area contributed by atoms with Gasteiger partial charge in [-0.25, -0.2) is 0 Å². The van der Waals surface area contributed by atoms with Gasteiger partial charge in [-0.2, -0.15) is 0 Å². The van der Waals surface area contributed by atoms with E-state index in [4.69, 9.17) is 0 Å². The molecule has 1 fully saturated rings. The highest BCUT2D eigenvalue weighted by Crippen LogP contribution is 2.25. The van der Waals surface area contributed by atoms with Crippen molar-refractivity contribution in [2.24, 2.45) is 0 Å². The fourth-order valence-corrected chi connectivity index (χ4v) is 3.42. The van der Waals surface area contributed by atoms with Crippen molar-refractivity contribution in [2.75, 3.05) is 19.6 Å². The quantitative estimate of drug-likeness (QED) is 0.792. The zero-order valence-corrected chi connectivity index (χ0v) is 14.6. The Balaban J connectivity index is 1.57. The van der Waals surface area contributed by atoms with Crippen molar-refractivity contribution >= 4 is 5.91 Å². The summed E-state index contributed by atoms with van der Waals surface area (Å²) in [6, 6.07) is 13.1. The molecule has 1 aromatic carbocycles. The number of aromatic nitrogens is 1. The first kappa shape index (κ1) is 17.4. The molecular weight excluding hydrogens is 314 g/mol. The molecule has 2 N–H and O–H groups in total. The number of amides is 1. The van der Waals surface area contributed by atoms with E-state index in [1.807, 2.05) is 31.2 Å². The third kappa shape index (κ3) is 4.17. The Bertz CT molecular complexity index is 792. The molecule has 2 aromatic rings. The lowest BCUT2D eigenvalue weighted by molar-refractivity contribution is 0.0951. The first-order chi connectivity index (χ1) is 12.2. The summed E-state index contributed by atoms with van der Waals surface area (Å²) in [7, 11) is 0. The Labute approximate surface area is 148 Å². The topological polar surface area (TPSA) is 63.1 Å². The molecule has 1 saturated heterocycles. The van der Waals surface area contributed by atoms with Crippen molar-refractivity contribution in [1.82, 2.24) is 15.2 Å². The summed E-state index contributed by atoms with van der Waals surface area (Å²) in [4.78, 5) is 24.4. The third-order valence-electron chi connectivity index (χ3n) is 4.82. The second-order valence-electron chi connectivity index (χ2n) is 6.54. The Morgan fingerprint density at radius 3 is 2.84 bits per heavy atom. The number of aryl methyl sites for hydroxylation is 1. The van der Waals surface area contributed by atoms with Crippen molar-refractivity contribution in [3.8, 4) is 0 Å². The van der Waals surface area contributed by atoms with Crippen LogP contribution >= 0.6 is 0 Å². The first-order valence-corrected chi connectivity index (χ1v) is 8.91. The van der Waals surface area contributed by atoms with Crippen molar-refractivity contribution in [1.29, 1.82) is 0 Å². The molecule has 0 spiro atoms. The molecule has 0 aliphatic carbocycles. The zero-order chi connectivity index (χ0) is 17.6. The summed E-state index contributed by atoms with van der Waals surface area (Å²) in [6.07, 6.45) is 1.80. The standard InChI is InChI=1S/C20H25N3O2/c1-15-6-4-9-19(24)23(15)13-5-11-22-20(25)18-8-3-2-7-17(18)16-10-12-21-14-16/h2-4,6-9,16,21H,5,10-14H2,1H3,(H,22,25)/t16-/m0/s1. The van der Waals surface area contributed by atoms with Crippen LogP contribution in [-0.4, -0.2) is 30.1 Å². The van der Waals surface area contributed by atoms with E-state index in [9.17, 15) is 9.59 Å². The lowest BCUT2D eigenvalue weighted by atomic mass is 9.93. The number of nitrogens with zero attached hydrogens (tertiary/aromatic N) is 1. The monoisotopic (exact) mass is 339 g/mol. The summed E-state index contributed by atoms with van der Waals surface area (Å²) >= 11 is 0. The SMILES string of the molecule is Cc1cccc(=O)n1CCCNC(=O)c1ccccc1[C@H]1CCNC1. The fraction of sp³-hybridized carbons (Fsp3) is 0.400. The smallest absolute Gasteiger partial charge is 0.251 e. The van der Waals surface area contributed by atoms with Gasteiger partial charge in [0.05, 0.1) is 0 Å². The van der Waals surface area contributed by atoms with Gasteiger partial charge in [0.2, 0.25) is 0 Å². The molecule has 132 valence electrons. The summed E-state index contributed by atoms with van der Waals surface area (Å²) in [5, 5.41) is 6.35. The first-order valence-electron chi connectivity index (χ1n) is 8.91. The van der Waals surface area contributed by atoms with Crippen LogP contribution in [0.3, 0.4) is 0 Å². The highest BCUT2D eigenvalue weighted by atomic mass is 16.1. The van der Waals surface area contributed by atoms with E-state index >= 15 is 0 Å². The Hall–Kier alpha value is -2.40. The van der Waals surface area contributed by atoms with Gasteiger partial charge in [0.1, 0.15) is 0 Å². The van der Waals surface area contributed by atoms with Gasteiger partial charge in [0, 0.05) is 37.0 Å². The summed E-state index contributed by atoms with van der Waals surface area (Å²) in [5.74, 6) is 0.382. The third-order valence-corrected chi connectivity index (χ3v) is 4.82. The van der Waals surface area contributed by atoms with E-state index in [-0.39, 0.29) is 11.5 Å². The largest absolute Gasteiger partial charge is 0.352 e. The van der Waals surface area contributed by atoms with E-state index in [1.165, 1.54) is 0 Å². The van der Waals surface area contributed by atoms with Crippen molar-refractivity contribution in [2.45, 2.75) is 32.2 Å². The zero-order valence-electron chi connectivity index (χ0n) is 14.6. The average Bonchev–Trinajstić information content (AvgIpc) is 3.15. The van der Waals surface area contributed by atoms with Crippen LogP contribution < -0.4 is 16.2 Å². The summed E-state index contributed by atoms with van der Waals surface area (Å²) < 4.78 is 1.74. The van der Waals surface area contributed by atoms with Crippen LogP contribution in [0.4, 0.5) is 0 Å². The number of carbonyl (C=O) groups excluding carboxylic acids is 1. The molecule has 1 atom stereocenters. The molecule has 1 aliphatic heterocycles. The van der Waals surface area contributed by atoms with Crippen LogP contribution in [0.15, 0.2) is 47.3 Å². The van der Waals surface area contributed by atoms with Crippen LogP contribution in [0.25, 0.3) is 0 Å². The molecule has 0 unspecified atom stereocenters. The van der Waals surface area contributed by atoms with Crippen molar-refractivity contribution in [3.63, 3.8) is 0 Å². The molecule has 0 saturated carbocycles. The highest BCUT2D eigenvalue weighted by Gasteiger charge is 2.21. The average molecular weight is 339 g/mol. The number of hydrogen-bond donors (Lipinski definition) is 2. The van der Waals surface area contributed by atoms with Gasteiger partial charge in [0.25, 0.3) is 11.5 Å². The van der Waals surface area contributed by atoms with Gasteiger partial charge in [-0.15, -0.1) is 0 Å². The van der Waals surface area contributed by atoms with Gasteiger partial charge in [-0.05, 0) is 49.9 Å². The van der Waals surface area contributed by atoms with Gasteiger partial charge in [0.15, 0.2) is 0 Å². The summed E-state index contributed by atoms with van der Waals surface area (Å²) in [5.41, 5.74) is 2.84. The Morgan fingerprint density at radius 2 is 2.08 bits per heavy atom. The predicted molar refractivity (Wildman–Crippen MR) is 99.1 cm³/mol. The predicted octanol–water partition coefficient (Wildman–Crippen LogP) is 2.05. The molecule has 1 aromatic heterocycles. The number of benzene rings is 1. The van der Waals surface area contributed by atoms with Gasteiger partial charge >= 0.3 is 0 Å².